The normalized spacial score (nSPS) is 9.62. The molecule has 2 N–H and O–H groups in total. The Balaban J connectivity index is 1.98. The first kappa shape index (κ1) is 15.0. The van der Waals surface area contributed by atoms with Crippen LogP contribution in [-0.2, 0) is 6.42 Å². The highest BCUT2D eigenvalue weighted by atomic mass is 16.5. The van der Waals surface area contributed by atoms with Gasteiger partial charge in [-0.3, -0.25) is 0 Å². The van der Waals surface area contributed by atoms with Crippen molar-refractivity contribution in [3.8, 4) is 23.3 Å². The van der Waals surface area contributed by atoms with Crippen molar-refractivity contribution in [2.75, 3.05) is 20.3 Å². The summed E-state index contributed by atoms with van der Waals surface area (Å²) < 4.78 is 11.0. The highest BCUT2D eigenvalue weighted by molar-refractivity contribution is 5.43. The van der Waals surface area contributed by atoms with E-state index in [0.717, 1.165) is 17.5 Å². The predicted octanol–water partition coefficient (Wildman–Crippen LogP) is 2.63. The summed E-state index contributed by atoms with van der Waals surface area (Å²) >= 11 is 0. The van der Waals surface area contributed by atoms with Crippen LogP contribution in [0.2, 0.25) is 0 Å². The number of rotatable bonds is 5. The lowest BCUT2D eigenvalue weighted by atomic mass is 10.1. The SMILES string of the molecule is COc1cc(CCN)ccc1OCC#Cc1ccccc1. The minimum Gasteiger partial charge on any atom is -0.493 e. The molecule has 0 aliphatic rings. The van der Waals surface area contributed by atoms with Gasteiger partial charge in [0.05, 0.1) is 7.11 Å². The second-order valence-electron chi connectivity index (χ2n) is 4.48. The third kappa shape index (κ3) is 4.55. The van der Waals surface area contributed by atoms with Gasteiger partial charge < -0.3 is 15.2 Å². The van der Waals surface area contributed by atoms with Crippen LogP contribution in [0.15, 0.2) is 48.5 Å². The quantitative estimate of drug-likeness (QED) is 0.857. The van der Waals surface area contributed by atoms with Crippen LogP contribution in [0.3, 0.4) is 0 Å². The molecule has 0 saturated heterocycles. The average molecular weight is 281 g/mol. The minimum atomic E-state index is 0.321. The molecule has 0 heterocycles. The monoisotopic (exact) mass is 281 g/mol. The molecular weight excluding hydrogens is 262 g/mol. The van der Waals surface area contributed by atoms with Crippen LogP contribution in [0.4, 0.5) is 0 Å². The zero-order chi connectivity index (χ0) is 14.9. The summed E-state index contributed by atoms with van der Waals surface area (Å²) in [5.41, 5.74) is 7.67. The Morgan fingerprint density at radius 3 is 2.57 bits per heavy atom. The highest BCUT2D eigenvalue weighted by Crippen LogP contribution is 2.28. The molecule has 0 atom stereocenters. The number of methoxy groups -OCH3 is 1. The lowest BCUT2D eigenvalue weighted by Crippen LogP contribution is -2.03. The first-order valence-electron chi connectivity index (χ1n) is 6.87. The van der Waals surface area contributed by atoms with Gasteiger partial charge in [0, 0.05) is 5.56 Å². The summed E-state index contributed by atoms with van der Waals surface area (Å²) in [4.78, 5) is 0. The molecule has 0 amide bonds. The molecule has 0 aromatic heterocycles. The molecule has 2 aromatic rings. The standard InChI is InChI=1S/C18H19NO2/c1-20-18-14-16(11-12-19)9-10-17(18)21-13-5-8-15-6-3-2-4-7-15/h2-4,6-7,9-10,14H,11-13,19H2,1H3. The Morgan fingerprint density at radius 2 is 1.86 bits per heavy atom. The predicted molar refractivity (Wildman–Crippen MR) is 84.6 cm³/mol. The molecule has 0 bridgehead atoms. The number of hydrogen-bond acceptors (Lipinski definition) is 3. The molecule has 3 nitrogen and oxygen atoms in total. The summed E-state index contributed by atoms with van der Waals surface area (Å²) in [5.74, 6) is 7.45. The second kappa shape index (κ2) is 7.98. The average Bonchev–Trinajstić information content (AvgIpc) is 2.53. The number of nitrogens with two attached hydrogens (primary N) is 1. The summed E-state index contributed by atoms with van der Waals surface area (Å²) in [6.45, 7) is 0.938. The molecule has 2 aromatic carbocycles. The van der Waals surface area contributed by atoms with E-state index in [0.29, 0.717) is 24.7 Å². The Hall–Kier alpha value is -2.44. The summed E-state index contributed by atoms with van der Waals surface area (Å²) in [6.07, 6.45) is 0.824. The molecular formula is C18H19NO2. The lowest BCUT2D eigenvalue weighted by Gasteiger charge is -2.10. The van der Waals surface area contributed by atoms with Crippen molar-refractivity contribution in [2.45, 2.75) is 6.42 Å². The maximum Gasteiger partial charge on any atom is 0.162 e. The van der Waals surface area contributed by atoms with Crippen LogP contribution >= 0.6 is 0 Å². The first-order chi connectivity index (χ1) is 10.3. The molecule has 2 rings (SSSR count). The molecule has 0 unspecified atom stereocenters. The Labute approximate surface area is 125 Å². The van der Waals surface area contributed by atoms with Gasteiger partial charge in [0.1, 0.15) is 6.61 Å². The Kier molecular flexibility index (Phi) is 5.69. The van der Waals surface area contributed by atoms with E-state index in [1.165, 1.54) is 0 Å². The van der Waals surface area contributed by atoms with Crippen molar-refractivity contribution in [3.05, 3.63) is 59.7 Å². The smallest absolute Gasteiger partial charge is 0.162 e. The van der Waals surface area contributed by atoms with E-state index in [4.69, 9.17) is 15.2 Å². The topological polar surface area (TPSA) is 44.5 Å². The van der Waals surface area contributed by atoms with Gasteiger partial charge in [0.25, 0.3) is 0 Å². The number of benzene rings is 2. The maximum atomic E-state index is 5.65. The van der Waals surface area contributed by atoms with E-state index in [1.54, 1.807) is 7.11 Å². The van der Waals surface area contributed by atoms with Crippen LogP contribution < -0.4 is 15.2 Å². The van der Waals surface area contributed by atoms with Crippen molar-refractivity contribution in [2.24, 2.45) is 5.73 Å². The van der Waals surface area contributed by atoms with Gasteiger partial charge >= 0.3 is 0 Å². The van der Waals surface area contributed by atoms with E-state index in [1.807, 2.05) is 48.5 Å². The Morgan fingerprint density at radius 1 is 1.05 bits per heavy atom. The van der Waals surface area contributed by atoms with Crippen molar-refractivity contribution in [3.63, 3.8) is 0 Å². The molecule has 108 valence electrons. The van der Waals surface area contributed by atoms with E-state index in [9.17, 15) is 0 Å². The highest BCUT2D eigenvalue weighted by Gasteiger charge is 2.04. The fourth-order valence-electron chi connectivity index (χ4n) is 1.93. The number of ether oxygens (including phenoxy) is 2. The van der Waals surface area contributed by atoms with E-state index < -0.39 is 0 Å². The van der Waals surface area contributed by atoms with Crippen LogP contribution in [-0.4, -0.2) is 20.3 Å². The van der Waals surface area contributed by atoms with Gasteiger partial charge in [-0.05, 0) is 42.8 Å². The molecule has 0 spiro atoms. The van der Waals surface area contributed by atoms with Gasteiger partial charge in [0.15, 0.2) is 11.5 Å². The van der Waals surface area contributed by atoms with E-state index in [2.05, 4.69) is 11.8 Å². The zero-order valence-corrected chi connectivity index (χ0v) is 12.1. The molecule has 0 aliphatic carbocycles. The van der Waals surface area contributed by atoms with Gasteiger partial charge in [-0.25, -0.2) is 0 Å². The van der Waals surface area contributed by atoms with Crippen LogP contribution in [0.1, 0.15) is 11.1 Å². The van der Waals surface area contributed by atoms with E-state index in [-0.39, 0.29) is 0 Å². The molecule has 0 aliphatic heterocycles. The van der Waals surface area contributed by atoms with Crippen molar-refractivity contribution >= 4 is 0 Å². The van der Waals surface area contributed by atoms with Crippen LogP contribution in [0.25, 0.3) is 0 Å². The van der Waals surface area contributed by atoms with Gasteiger partial charge in [0.2, 0.25) is 0 Å². The largest absolute Gasteiger partial charge is 0.493 e. The molecule has 0 fully saturated rings. The molecule has 0 saturated carbocycles. The van der Waals surface area contributed by atoms with Crippen LogP contribution in [0, 0.1) is 11.8 Å². The lowest BCUT2D eigenvalue weighted by molar-refractivity contribution is 0.330. The van der Waals surface area contributed by atoms with E-state index >= 15 is 0 Å². The van der Waals surface area contributed by atoms with Crippen molar-refractivity contribution in [1.82, 2.24) is 0 Å². The summed E-state index contributed by atoms with van der Waals surface area (Å²) in [6, 6.07) is 15.7. The molecule has 21 heavy (non-hydrogen) atoms. The third-order valence-corrected chi connectivity index (χ3v) is 2.97. The van der Waals surface area contributed by atoms with Crippen molar-refractivity contribution in [1.29, 1.82) is 0 Å². The van der Waals surface area contributed by atoms with Gasteiger partial charge in [-0.1, -0.05) is 36.1 Å². The molecule has 3 heteroatoms. The van der Waals surface area contributed by atoms with Gasteiger partial charge in [-0.2, -0.15) is 0 Å². The minimum absolute atomic E-state index is 0.321. The van der Waals surface area contributed by atoms with Crippen LogP contribution in [0.5, 0.6) is 11.5 Å². The summed E-state index contributed by atoms with van der Waals surface area (Å²) in [5, 5.41) is 0. The maximum absolute atomic E-state index is 5.65. The summed E-state index contributed by atoms with van der Waals surface area (Å²) in [7, 11) is 1.63. The van der Waals surface area contributed by atoms with Crippen molar-refractivity contribution < 1.29 is 9.47 Å². The first-order valence-corrected chi connectivity index (χ1v) is 6.87. The third-order valence-electron chi connectivity index (χ3n) is 2.97. The number of hydrogen-bond donors (Lipinski definition) is 1. The molecule has 0 radical (unpaired) electrons. The van der Waals surface area contributed by atoms with Gasteiger partial charge in [-0.15, -0.1) is 0 Å². The fraction of sp³-hybridized carbons (Fsp3) is 0.222. The zero-order valence-electron chi connectivity index (χ0n) is 12.1. The Bertz CT molecular complexity index is 627. The fourth-order valence-corrected chi connectivity index (χ4v) is 1.93. The second-order valence-corrected chi connectivity index (χ2v) is 4.48.